The molecule has 65 heavy (non-hydrogen) atoms. The van der Waals surface area contributed by atoms with Gasteiger partial charge in [-0.05, 0) is 156 Å². The highest BCUT2D eigenvalue weighted by molar-refractivity contribution is 8.32. The summed E-state index contributed by atoms with van der Waals surface area (Å²) in [6.45, 7) is 19.3. The molecule has 3 heterocycles. The molecule has 330 valence electrons. The van der Waals surface area contributed by atoms with E-state index in [1.54, 1.807) is 0 Å². The molecule has 0 radical (unpaired) electrons. The van der Waals surface area contributed by atoms with E-state index < -0.39 is 18.1 Å². The zero-order valence-corrected chi connectivity index (χ0v) is 42.2. The Morgan fingerprint density at radius 2 is 1.15 bits per heavy atom. The van der Waals surface area contributed by atoms with Crippen molar-refractivity contribution in [3.8, 4) is 0 Å². The van der Waals surface area contributed by atoms with Crippen LogP contribution >= 0.6 is 10.0 Å². The molecule has 0 amide bonds. The summed E-state index contributed by atoms with van der Waals surface area (Å²) in [7, 11) is -2.66. The van der Waals surface area contributed by atoms with Crippen LogP contribution < -0.4 is 36.5 Å². The average molecular weight is 890 g/mol. The van der Waals surface area contributed by atoms with E-state index in [9.17, 15) is 0 Å². The molecule has 1 saturated carbocycles. The molecule has 0 N–H and O–H groups in total. The number of benzene rings is 6. The third kappa shape index (κ3) is 6.69. The highest BCUT2D eigenvalue weighted by atomic mass is 32.3. The maximum atomic E-state index is 7.75. The fourth-order valence-corrected chi connectivity index (χ4v) is 13.6. The second-order valence-electron chi connectivity index (χ2n) is 22.8. The third-order valence-corrected chi connectivity index (χ3v) is 19.2. The summed E-state index contributed by atoms with van der Waals surface area (Å²) in [4.78, 5) is 9.09. The molecule has 6 aromatic carbocycles. The van der Waals surface area contributed by atoms with Gasteiger partial charge in [0.15, 0.2) is 0 Å². The summed E-state index contributed by atoms with van der Waals surface area (Å²) in [6.07, 6.45) is 11.8. The zero-order valence-electron chi connectivity index (χ0n) is 40.3. The van der Waals surface area contributed by atoms with Crippen LogP contribution in [0, 0.1) is 0 Å². The van der Waals surface area contributed by atoms with Crippen LogP contribution in [0.3, 0.4) is 0 Å². The van der Waals surface area contributed by atoms with Crippen molar-refractivity contribution < 1.29 is 4.42 Å². The Balaban J connectivity index is 1.29. The van der Waals surface area contributed by atoms with Crippen molar-refractivity contribution in [2.75, 3.05) is 33.5 Å². The summed E-state index contributed by atoms with van der Waals surface area (Å²) < 4.78 is 7.75. The van der Waals surface area contributed by atoms with Gasteiger partial charge in [-0.3, -0.25) is 0 Å². The van der Waals surface area contributed by atoms with Crippen molar-refractivity contribution in [1.29, 1.82) is 0 Å². The summed E-state index contributed by atoms with van der Waals surface area (Å²) in [5.41, 5.74) is 17.2. The first-order chi connectivity index (χ1) is 30.8. The summed E-state index contributed by atoms with van der Waals surface area (Å²) in [6, 6.07) is 53.3. The standard InChI is InChI=1S/C58H64BN3OSSi/c1-56(2,3)39-22-24-43(25-23-39)62-50-37-44(60(40-18-14-12-15-19-40)41-20-16-13-17-21-41)36-49-52(50)59(55-53(62)51-54(63-55)58(5)34-32-57(51,4)33-35-58)47-38-46(65(9,10)11)30-31-48(47)61(49)42-26-28-45(29-27-42)64(6,7)8/h12-31,36-38H,32-35H2,1-11H3. The minimum Gasteiger partial charge on any atom is -0.472 e. The molecule has 2 aliphatic heterocycles. The quantitative estimate of drug-likeness (QED) is 0.149. The molecule has 1 aromatic heterocycles. The Kier molecular flexibility index (Phi) is 9.47. The van der Waals surface area contributed by atoms with Gasteiger partial charge in [-0.2, -0.15) is 0 Å². The van der Waals surface area contributed by atoms with Gasteiger partial charge < -0.3 is 19.1 Å². The van der Waals surface area contributed by atoms with Gasteiger partial charge in [-0.15, -0.1) is 0 Å². The lowest BCUT2D eigenvalue weighted by Crippen LogP contribution is -2.62. The number of nitrogens with zero attached hydrogens (tertiary/aromatic N) is 3. The monoisotopic (exact) mass is 889 g/mol. The van der Waals surface area contributed by atoms with Crippen molar-refractivity contribution in [1.82, 2.24) is 0 Å². The van der Waals surface area contributed by atoms with Crippen LogP contribution in [0.15, 0.2) is 149 Å². The predicted octanol–water partition coefficient (Wildman–Crippen LogP) is 13.8. The number of furan rings is 1. The number of rotatable bonds is 7. The first-order valence-corrected chi connectivity index (χ1v) is 30.1. The Hall–Kier alpha value is -5.37. The van der Waals surface area contributed by atoms with E-state index in [2.05, 4.69) is 227 Å². The first-order valence-electron chi connectivity index (χ1n) is 23.7. The molecule has 0 saturated heterocycles. The Morgan fingerprint density at radius 1 is 0.615 bits per heavy atom. The molecule has 3 aliphatic carbocycles. The molecule has 0 atom stereocenters. The summed E-state index contributed by atoms with van der Waals surface area (Å²) in [5, 5.41) is 1.47. The summed E-state index contributed by atoms with van der Waals surface area (Å²) in [5.74, 6) is 1.23. The Labute approximate surface area is 391 Å². The second kappa shape index (κ2) is 14.6. The van der Waals surface area contributed by atoms with Gasteiger partial charge in [0, 0.05) is 50.8 Å². The van der Waals surface area contributed by atoms with E-state index in [1.807, 2.05) is 0 Å². The van der Waals surface area contributed by atoms with E-state index in [-0.39, 0.29) is 23.0 Å². The minimum atomic E-state index is -1.74. The third-order valence-electron chi connectivity index (χ3n) is 15.4. The van der Waals surface area contributed by atoms with E-state index in [4.69, 9.17) is 4.42 Å². The van der Waals surface area contributed by atoms with Gasteiger partial charge in [0.1, 0.15) is 5.76 Å². The molecule has 2 bridgehead atoms. The number of hydrogen-bond acceptors (Lipinski definition) is 4. The fraction of sp³-hybridized carbons (Fsp3) is 0.310. The number of para-hydroxylation sites is 2. The van der Waals surface area contributed by atoms with Gasteiger partial charge in [0.2, 0.25) is 0 Å². The van der Waals surface area contributed by atoms with Gasteiger partial charge in [0.05, 0.1) is 25.1 Å². The molecule has 5 aliphatic rings. The van der Waals surface area contributed by atoms with Crippen LogP contribution in [0.1, 0.15) is 77.2 Å². The SMILES string of the molecule is CC(C)(C)c1ccc(N2c3cc(N(c4ccccc4)c4ccccc4)cc4c3B(c3cc([Si](C)(C)C)ccc3N4c3ccc(S(C)(C)C)cc3)c3oc4c(c32)C2(C)CCC4(C)CC2)cc1. The largest absolute Gasteiger partial charge is 0.472 e. The van der Waals surface area contributed by atoms with Gasteiger partial charge >= 0.3 is 0 Å². The van der Waals surface area contributed by atoms with Gasteiger partial charge in [-0.25, -0.2) is 10.0 Å². The van der Waals surface area contributed by atoms with Crippen LogP contribution in [-0.2, 0) is 16.2 Å². The van der Waals surface area contributed by atoms with Crippen molar-refractivity contribution in [3.05, 3.63) is 156 Å². The minimum absolute atomic E-state index is 0.00425. The molecule has 1 fully saturated rings. The van der Waals surface area contributed by atoms with Gasteiger partial charge in [0.25, 0.3) is 6.71 Å². The molecular formula is C58H64BN3OSSi. The van der Waals surface area contributed by atoms with Crippen molar-refractivity contribution in [2.24, 2.45) is 0 Å². The fourth-order valence-electron chi connectivity index (χ4n) is 11.5. The van der Waals surface area contributed by atoms with Crippen molar-refractivity contribution in [3.63, 3.8) is 0 Å². The first kappa shape index (κ1) is 42.3. The molecule has 12 rings (SSSR count). The second-order valence-corrected chi connectivity index (χ2v) is 32.0. The van der Waals surface area contributed by atoms with Crippen LogP contribution in [-0.4, -0.2) is 33.6 Å². The highest BCUT2D eigenvalue weighted by Gasteiger charge is 2.57. The lowest BCUT2D eigenvalue weighted by atomic mass is 9.35. The van der Waals surface area contributed by atoms with Crippen LogP contribution in [0.2, 0.25) is 19.6 Å². The maximum absolute atomic E-state index is 7.75. The van der Waals surface area contributed by atoms with E-state index in [0.29, 0.717) is 0 Å². The maximum Gasteiger partial charge on any atom is 0.297 e. The number of fused-ring (bicyclic) bond motifs is 6. The summed E-state index contributed by atoms with van der Waals surface area (Å²) >= 11 is 0. The van der Waals surface area contributed by atoms with Crippen LogP contribution in [0.25, 0.3) is 0 Å². The predicted molar refractivity (Wildman–Crippen MR) is 286 cm³/mol. The average Bonchev–Trinajstić information content (AvgIpc) is 3.70. The highest BCUT2D eigenvalue weighted by Crippen LogP contribution is 2.61. The van der Waals surface area contributed by atoms with Crippen LogP contribution in [0.4, 0.5) is 51.2 Å². The van der Waals surface area contributed by atoms with Crippen molar-refractivity contribution >= 4 is 97.8 Å². The molecule has 7 aromatic rings. The van der Waals surface area contributed by atoms with E-state index >= 15 is 0 Å². The van der Waals surface area contributed by atoms with E-state index in [0.717, 1.165) is 35.6 Å². The smallest absolute Gasteiger partial charge is 0.297 e. The van der Waals surface area contributed by atoms with Crippen LogP contribution in [0.5, 0.6) is 0 Å². The number of hydrogen-bond donors (Lipinski definition) is 0. The van der Waals surface area contributed by atoms with E-state index in [1.165, 1.54) is 84.9 Å². The Bertz CT molecular complexity index is 2930. The molecular weight excluding hydrogens is 826 g/mol. The topological polar surface area (TPSA) is 22.9 Å². The molecule has 7 heteroatoms. The van der Waals surface area contributed by atoms with Gasteiger partial charge in [-0.1, -0.05) is 120 Å². The molecule has 4 nitrogen and oxygen atoms in total. The zero-order chi connectivity index (χ0) is 45.4. The lowest BCUT2D eigenvalue weighted by Gasteiger charge is -2.50. The molecule has 0 unspecified atom stereocenters. The normalized spacial score (nSPS) is 20.0. The Morgan fingerprint density at radius 3 is 1.71 bits per heavy atom. The van der Waals surface area contributed by atoms with Crippen molar-refractivity contribution in [2.45, 2.75) is 101 Å². The number of anilines is 9. The molecule has 0 spiro atoms. The lowest BCUT2D eigenvalue weighted by molar-refractivity contribution is 0.159.